The molecule has 18 heavy (non-hydrogen) atoms. The Morgan fingerprint density at radius 1 is 1.39 bits per heavy atom. The van der Waals surface area contributed by atoms with Crippen LogP contribution in [0.15, 0.2) is 21.9 Å². The molecule has 96 valence electrons. The van der Waals surface area contributed by atoms with E-state index in [4.69, 9.17) is 4.42 Å². The molecule has 5 heteroatoms. The van der Waals surface area contributed by atoms with E-state index >= 15 is 0 Å². The zero-order valence-electron chi connectivity index (χ0n) is 10.5. The Hall–Kier alpha value is -1.17. The Balaban J connectivity index is 1.69. The predicted octanol–water partition coefficient (Wildman–Crippen LogP) is 2.12. The van der Waals surface area contributed by atoms with Gasteiger partial charge in [0.05, 0.1) is 6.54 Å². The second-order valence-corrected chi connectivity index (χ2v) is 5.51. The smallest absolute Gasteiger partial charge is 0.153 e. The highest BCUT2D eigenvalue weighted by molar-refractivity contribution is 7.09. The van der Waals surface area contributed by atoms with Gasteiger partial charge in [0.2, 0.25) is 0 Å². The zero-order valence-corrected chi connectivity index (χ0v) is 11.3. The Bertz CT molecular complexity index is 514. The van der Waals surface area contributed by atoms with Gasteiger partial charge in [0.15, 0.2) is 5.76 Å². The molecule has 3 rings (SSSR count). The van der Waals surface area contributed by atoms with Gasteiger partial charge >= 0.3 is 0 Å². The fourth-order valence-electron chi connectivity index (χ4n) is 2.13. The lowest BCUT2D eigenvalue weighted by Crippen LogP contribution is -2.42. The third kappa shape index (κ3) is 2.63. The Labute approximate surface area is 111 Å². The van der Waals surface area contributed by atoms with E-state index in [0.717, 1.165) is 49.9 Å². The van der Waals surface area contributed by atoms with Gasteiger partial charge in [-0.1, -0.05) is 0 Å². The predicted molar refractivity (Wildman–Crippen MR) is 72.7 cm³/mol. The Morgan fingerprint density at radius 2 is 2.22 bits per heavy atom. The molecule has 0 saturated carbocycles. The van der Waals surface area contributed by atoms with Crippen molar-refractivity contribution < 1.29 is 4.42 Å². The van der Waals surface area contributed by atoms with Crippen molar-refractivity contribution in [3.05, 3.63) is 28.3 Å². The molecule has 2 aromatic rings. The van der Waals surface area contributed by atoms with Crippen LogP contribution in [0, 0.1) is 6.92 Å². The monoisotopic (exact) mass is 263 g/mol. The average Bonchev–Trinajstić information content (AvgIpc) is 2.99. The number of nitrogens with zero attached hydrogens (tertiary/aromatic N) is 2. The van der Waals surface area contributed by atoms with Crippen LogP contribution < -0.4 is 5.32 Å². The third-order valence-electron chi connectivity index (χ3n) is 3.11. The van der Waals surface area contributed by atoms with E-state index in [-0.39, 0.29) is 0 Å². The molecule has 1 fully saturated rings. The van der Waals surface area contributed by atoms with Crippen LogP contribution in [0.2, 0.25) is 0 Å². The summed E-state index contributed by atoms with van der Waals surface area (Å²) >= 11 is 1.71. The van der Waals surface area contributed by atoms with Crippen LogP contribution in [0.25, 0.3) is 11.5 Å². The second-order valence-electron chi connectivity index (χ2n) is 4.56. The van der Waals surface area contributed by atoms with Crippen LogP contribution in [0.1, 0.15) is 10.8 Å². The first-order chi connectivity index (χ1) is 8.81. The summed E-state index contributed by atoms with van der Waals surface area (Å²) in [7, 11) is 0. The highest BCUT2D eigenvalue weighted by atomic mass is 32.1. The number of rotatable bonds is 3. The topological polar surface area (TPSA) is 41.3 Å². The first-order valence-corrected chi connectivity index (χ1v) is 7.13. The molecule has 1 saturated heterocycles. The van der Waals surface area contributed by atoms with Crippen LogP contribution in [-0.2, 0) is 6.54 Å². The molecule has 0 spiro atoms. The normalized spacial score (nSPS) is 17.2. The zero-order chi connectivity index (χ0) is 12.4. The first-order valence-electron chi connectivity index (χ1n) is 6.25. The van der Waals surface area contributed by atoms with Crippen LogP contribution in [-0.4, -0.2) is 36.1 Å². The minimum absolute atomic E-state index is 0.871. The van der Waals surface area contributed by atoms with E-state index in [0.29, 0.717) is 0 Å². The van der Waals surface area contributed by atoms with Crippen LogP contribution in [0.4, 0.5) is 0 Å². The Morgan fingerprint density at radius 3 is 2.94 bits per heavy atom. The summed E-state index contributed by atoms with van der Waals surface area (Å²) in [5, 5.41) is 6.61. The van der Waals surface area contributed by atoms with Crippen molar-refractivity contribution in [3.63, 3.8) is 0 Å². The van der Waals surface area contributed by atoms with E-state index < -0.39 is 0 Å². The lowest BCUT2D eigenvalue weighted by molar-refractivity contribution is 0.233. The number of hydrogen-bond donors (Lipinski definition) is 1. The number of furan rings is 1. The molecule has 1 aliphatic rings. The molecular formula is C13H17N3OS. The largest absolute Gasteiger partial charge is 0.460 e. The highest BCUT2D eigenvalue weighted by Crippen LogP contribution is 2.24. The molecule has 2 aromatic heterocycles. The molecule has 0 aliphatic carbocycles. The number of thiazole rings is 1. The van der Waals surface area contributed by atoms with Gasteiger partial charge in [-0.25, -0.2) is 4.98 Å². The van der Waals surface area contributed by atoms with E-state index in [9.17, 15) is 0 Å². The number of piperazine rings is 1. The summed E-state index contributed by atoms with van der Waals surface area (Å²) in [6, 6.07) is 3.96. The number of aryl methyl sites for hydroxylation is 1. The molecule has 0 aromatic carbocycles. The number of hydrogen-bond acceptors (Lipinski definition) is 5. The van der Waals surface area contributed by atoms with Crippen molar-refractivity contribution in [2.75, 3.05) is 26.2 Å². The van der Waals surface area contributed by atoms with Gasteiger partial charge in [0, 0.05) is 31.6 Å². The lowest BCUT2D eigenvalue weighted by atomic mass is 10.3. The Kier molecular flexibility index (Phi) is 3.45. The minimum atomic E-state index is 0.871. The quantitative estimate of drug-likeness (QED) is 0.921. The van der Waals surface area contributed by atoms with Gasteiger partial charge in [-0.3, -0.25) is 4.90 Å². The fourth-order valence-corrected chi connectivity index (χ4v) is 2.95. The molecule has 0 radical (unpaired) electrons. The van der Waals surface area contributed by atoms with Crippen molar-refractivity contribution in [3.8, 4) is 11.5 Å². The molecule has 1 aliphatic heterocycles. The molecule has 3 heterocycles. The maximum atomic E-state index is 5.59. The molecule has 1 N–H and O–H groups in total. The fraction of sp³-hybridized carbons (Fsp3) is 0.462. The SMILES string of the molecule is Cc1ccc(-c2csc(CN3CCNCC3)n2)o1. The van der Waals surface area contributed by atoms with E-state index in [1.165, 1.54) is 5.01 Å². The highest BCUT2D eigenvalue weighted by Gasteiger charge is 2.13. The molecular weight excluding hydrogens is 246 g/mol. The average molecular weight is 263 g/mol. The lowest BCUT2D eigenvalue weighted by Gasteiger charge is -2.26. The molecule has 0 bridgehead atoms. The standard InChI is InChI=1S/C13H17N3OS/c1-10-2-3-12(17-10)11-9-18-13(15-11)8-16-6-4-14-5-7-16/h2-3,9,14H,4-8H2,1H3. The van der Waals surface area contributed by atoms with Gasteiger partial charge < -0.3 is 9.73 Å². The first kappa shape index (κ1) is 11.9. The van der Waals surface area contributed by atoms with E-state index in [1.54, 1.807) is 11.3 Å². The van der Waals surface area contributed by atoms with Gasteiger partial charge in [-0.05, 0) is 19.1 Å². The molecule has 0 atom stereocenters. The van der Waals surface area contributed by atoms with Gasteiger partial charge in [0.25, 0.3) is 0 Å². The van der Waals surface area contributed by atoms with E-state index in [2.05, 4.69) is 20.6 Å². The van der Waals surface area contributed by atoms with Crippen molar-refractivity contribution >= 4 is 11.3 Å². The van der Waals surface area contributed by atoms with Crippen LogP contribution in [0.3, 0.4) is 0 Å². The van der Waals surface area contributed by atoms with Gasteiger partial charge in [-0.2, -0.15) is 0 Å². The summed E-state index contributed by atoms with van der Waals surface area (Å²) in [5.41, 5.74) is 0.957. The summed E-state index contributed by atoms with van der Waals surface area (Å²) < 4.78 is 5.59. The van der Waals surface area contributed by atoms with Gasteiger partial charge in [-0.15, -0.1) is 11.3 Å². The van der Waals surface area contributed by atoms with Gasteiger partial charge in [0.1, 0.15) is 16.5 Å². The maximum absolute atomic E-state index is 5.59. The summed E-state index contributed by atoms with van der Waals surface area (Å²) in [5.74, 6) is 1.80. The third-order valence-corrected chi connectivity index (χ3v) is 3.95. The second kappa shape index (κ2) is 5.22. The van der Waals surface area contributed by atoms with E-state index in [1.807, 2.05) is 19.1 Å². The summed E-state index contributed by atoms with van der Waals surface area (Å²) in [4.78, 5) is 7.09. The minimum Gasteiger partial charge on any atom is -0.460 e. The molecule has 4 nitrogen and oxygen atoms in total. The number of aromatic nitrogens is 1. The summed E-state index contributed by atoms with van der Waals surface area (Å²) in [6.45, 7) is 7.28. The summed E-state index contributed by atoms with van der Waals surface area (Å²) in [6.07, 6.45) is 0. The molecule has 0 unspecified atom stereocenters. The van der Waals surface area contributed by atoms with Crippen molar-refractivity contribution in [1.82, 2.24) is 15.2 Å². The number of nitrogens with one attached hydrogen (secondary N) is 1. The van der Waals surface area contributed by atoms with Crippen molar-refractivity contribution in [2.45, 2.75) is 13.5 Å². The van der Waals surface area contributed by atoms with Crippen LogP contribution in [0.5, 0.6) is 0 Å². The van der Waals surface area contributed by atoms with Crippen LogP contribution >= 0.6 is 11.3 Å². The van der Waals surface area contributed by atoms with Crippen molar-refractivity contribution in [1.29, 1.82) is 0 Å². The molecule has 0 amide bonds. The van der Waals surface area contributed by atoms with Crippen molar-refractivity contribution in [2.24, 2.45) is 0 Å². The maximum Gasteiger partial charge on any atom is 0.153 e.